The maximum Gasteiger partial charge on any atom is 0.315 e. The predicted molar refractivity (Wildman–Crippen MR) is 96.6 cm³/mol. The van der Waals surface area contributed by atoms with Crippen LogP contribution in [-0.2, 0) is 11.3 Å². The molecule has 25 heavy (non-hydrogen) atoms. The first-order valence-electron chi connectivity index (χ1n) is 8.58. The number of imidazole rings is 1. The molecule has 1 aromatic carbocycles. The van der Waals surface area contributed by atoms with E-state index in [0.29, 0.717) is 6.54 Å². The van der Waals surface area contributed by atoms with E-state index < -0.39 is 0 Å². The van der Waals surface area contributed by atoms with E-state index in [2.05, 4.69) is 29.5 Å². The predicted octanol–water partition coefficient (Wildman–Crippen LogP) is 3.02. The molecule has 1 saturated heterocycles. The molecule has 0 spiro atoms. The van der Waals surface area contributed by atoms with Crippen LogP contribution in [-0.4, -0.2) is 32.8 Å². The fourth-order valence-electron chi connectivity index (χ4n) is 3.49. The molecule has 1 fully saturated rings. The second-order valence-corrected chi connectivity index (χ2v) is 7.65. The van der Waals surface area contributed by atoms with Gasteiger partial charge in [0.1, 0.15) is 0 Å². The summed E-state index contributed by atoms with van der Waals surface area (Å²) in [5.41, 5.74) is 1.43. The van der Waals surface area contributed by atoms with Gasteiger partial charge >= 0.3 is 6.03 Å². The van der Waals surface area contributed by atoms with Gasteiger partial charge in [-0.3, -0.25) is 0 Å². The Balaban J connectivity index is 1.62. The molecular formula is C19H26N4O2. The van der Waals surface area contributed by atoms with E-state index in [0.717, 1.165) is 17.7 Å². The van der Waals surface area contributed by atoms with Crippen LogP contribution in [0.2, 0.25) is 0 Å². The topological polar surface area (TPSA) is 68.2 Å². The Bertz CT molecular complexity index is 738. The molecule has 2 amide bonds. The Labute approximate surface area is 148 Å². The summed E-state index contributed by atoms with van der Waals surface area (Å²) in [6.45, 7) is 8.57. The number of ether oxygens (including phenoxy) is 1. The summed E-state index contributed by atoms with van der Waals surface area (Å²) in [5, 5.41) is 6.01. The number of rotatable bonds is 4. The van der Waals surface area contributed by atoms with Gasteiger partial charge in [-0.1, -0.05) is 18.2 Å². The molecule has 2 N–H and O–H groups in total. The number of urea groups is 1. The van der Waals surface area contributed by atoms with Crippen molar-refractivity contribution in [3.63, 3.8) is 0 Å². The third-order valence-corrected chi connectivity index (χ3v) is 4.59. The number of nitrogens with one attached hydrogen (secondary N) is 2. The van der Waals surface area contributed by atoms with Gasteiger partial charge in [0.25, 0.3) is 0 Å². The Morgan fingerprint density at radius 2 is 2.08 bits per heavy atom. The highest BCUT2D eigenvalue weighted by molar-refractivity contribution is 5.74. The molecule has 134 valence electrons. The fraction of sp³-hybridized carbons (Fsp3) is 0.474. The number of aromatic nitrogens is 2. The highest BCUT2D eigenvalue weighted by Crippen LogP contribution is 2.37. The minimum Gasteiger partial charge on any atom is -0.367 e. The number of benzene rings is 1. The van der Waals surface area contributed by atoms with Crippen LogP contribution < -0.4 is 10.6 Å². The first-order valence-corrected chi connectivity index (χ1v) is 8.58. The summed E-state index contributed by atoms with van der Waals surface area (Å²) in [7, 11) is 0. The molecule has 1 aliphatic rings. The van der Waals surface area contributed by atoms with Gasteiger partial charge in [0, 0.05) is 18.9 Å². The number of carbonyl (C=O) groups is 1. The van der Waals surface area contributed by atoms with E-state index in [1.54, 1.807) is 12.5 Å². The van der Waals surface area contributed by atoms with E-state index in [-0.39, 0.29) is 23.3 Å². The van der Waals surface area contributed by atoms with Crippen LogP contribution in [0, 0.1) is 0 Å². The van der Waals surface area contributed by atoms with Gasteiger partial charge in [0.15, 0.2) is 0 Å². The third kappa shape index (κ3) is 4.02. The summed E-state index contributed by atoms with van der Waals surface area (Å²) in [5.74, 6) is 0. The minimum atomic E-state index is -0.379. The zero-order valence-corrected chi connectivity index (χ0v) is 15.2. The second-order valence-electron chi connectivity index (χ2n) is 7.65. The van der Waals surface area contributed by atoms with Gasteiger partial charge < -0.3 is 19.9 Å². The van der Waals surface area contributed by atoms with Crippen molar-refractivity contribution >= 4 is 6.03 Å². The van der Waals surface area contributed by atoms with Crippen molar-refractivity contribution in [2.75, 3.05) is 0 Å². The number of hydrogen-bond donors (Lipinski definition) is 2. The molecule has 1 atom stereocenters. The summed E-state index contributed by atoms with van der Waals surface area (Å²) >= 11 is 0. The molecule has 3 rings (SSSR count). The molecule has 1 aromatic heterocycles. The van der Waals surface area contributed by atoms with Crippen molar-refractivity contribution in [1.29, 1.82) is 0 Å². The van der Waals surface area contributed by atoms with E-state index >= 15 is 0 Å². The van der Waals surface area contributed by atoms with Crippen molar-refractivity contribution in [2.24, 2.45) is 0 Å². The fourth-order valence-corrected chi connectivity index (χ4v) is 3.49. The number of para-hydroxylation sites is 1. The maximum absolute atomic E-state index is 12.4. The lowest BCUT2D eigenvalue weighted by Crippen LogP contribution is -2.49. The zero-order valence-electron chi connectivity index (χ0n) is 15.2. The van der Waals surface area contributed by atoms with E-state index in [1.807, 2.05) is 48.9 Å². The van der Waals surface area contributed by atoms with Crippen LogP contribution >= 0.6 is 0 Å². The SMILES string of the molecule is CC1(C)CC(NC(=O)NCc2ccccc2-n2ccnc2)C(C)(C)O1. The average molecular weight is 342 g/mol. The van der Waals surface area contributed by atoms with Crippen molar-refractivity contribution < 1.29 is 9.53 Å². The van der Waals surface area contributed by atoms with Crippen LogP contribution in [0.5, 0.6) is 0 Å². The number of nitrogens with zero attached hydrogens (tertiary/aromatic N) is 2. The average Bonchev–Trinajstić information content (AvgIpc) is 3.11. The van der Waals surface area contributed by atoms with Crippen molar-refractivity contribution in [3.8, 4) is 5.69 Å². The second kappa shape index (κ2) is 6.52. The number of carbonyl (C=O) groups excluding carboxylic acids is 1. The minimum absolute atomic E-state index is 0.0219. The van der Waals surface area contributed by atoms with Gasteiger partial charge in [-0.25, -0.2) is 9.78 Å². The summed E-state index contributed by atoms with van der Waals surface area (Å²) in [6.07, 6.45) is 6.17. The Morgan fingerprint density at radius 1 is 1.32 bits per heavy atom. The number of amides is 2. The molecule has 2 aromatic rings. The molecule has 1 unspecified atom stereocenters. The molecule has 2 heterocycles. The highest BCUT2D eigenvalue weighted by Gasteiger charge is 2.46. The van der Waals surface area contributed by atoms with Crippen molar-refractivity contribution in [3.05, 3.63) is 48.5 Å². The lowest BCUT2D eigenvalue weighted by Gasteiger charge is -2.27. The molecule has 1 aliphatic heterocycles. The summed E-state index contributed by atoms with van der Waals surface area (Å²) in [4.78, 5) is 16.5. The normalized spacial score (nSPS) is 21.0. The Kier molecular flexibility index (Phi) is 4.56. The van der Waals surface area contributed by atoms with Gasteiger partial charge in [0.2, 0.25) is 0 Å². The molecule has 0 aliphatic carbocycles. The van der Waals surface area contributed by atoms with Crippen LogP contribution in [0.1, 0.15) is 39.7 Å². The third-order valence-electron chi connectivity index (χ3n) is 4.59. The van der Waals surface area contributed by atoms with Crippen LogP contribution in [0.4, 0.5) is 4.79 Å². The van der Waals surface area contributed by atoms with Gasteiger partial charge in [-0.2, -0.15) is 0 Å². The molecule has 6 heteroatoms. The zero-order chi connectivity index (χ0) is 18.1. The molecule has 0 saturated carbocycles. The number of hydrogen-bond acceptors (Lipinski definition) is 3. The van der Waals surface area contributed by atoms with Gasteiger partial charge in [0.05, 0.1) is 29.3 Å². The molecule has 0 bridgehead atoms. The lowest BCUT2D eigenvalue weighted by atomic mass is 9.95. The highest BCUT2D eigenvalue weighted by atomic mass is 16.5. The molecule has 6 nitrogen and oxygen atoms in total. The van der Waals surface area contributed by atoms with Crippen LogP contribution in [0.15, 0.2) is 43.0 Å². The summed E-state index contributed by atoms with van der Waals surface area (Å²) in [6, 6.07) is 7.74. The smallest absolute Gasteiger partial charge is 0.315 e. The van der Waals surface area contributed by atoms with Crippen LogP contribution in [0.3, 0.4) is 0 Å². The Morgan fingerprint density at radius 3 is 2.72 bits per heavy atom. The van der Waals surface area contributed by atoms with Crippen molar-refractivity contribution in [1.82, 2.24) is 20.2 Å². The van der Waals surface area contributed by atoms with Crippen LogP contribution in [0.25, 0.3) is 5.69 Å². The summed E-state index contributed by atoms with van der Waals surface area (Å²) < 4.78 is 7.96. The quantitative estimate of drug-likeness (QED) is 0.897. The Hall–Kier alpha value is -2.34. The standard InChI is InChI=1S/C19H26N4O2/c1-18(2)11-16(19(3,4)25-18)22-17(24)21-12-14-7-5-6-8-15(14)23-10-9-20-13-23/h5-10,13,16H,11-12H2,1-4H3,(H2,21,22,24). The van der Waals surface area contributed by atoms with E-state index in [4.69, 9.17) is 4.74 Å². The van der Waals surface area contributed by atoms with Gasteiger partial charge in [-0.15, -0.1) is 0 Å². The molecule has 0 radical (unpaired) electrons. The lowest BCUT2D eigenvalue weighted by molar-refractivity contribution is -0.0690. The molecular weight excluding hydrogens is 316 g/mol. The van der Waals surface area contributed by atoms with E-state index in [9.17, 15) is 4.79 Å². The van der Waals surface area contributed by atoms with Crippen molar-refractivity contribution in [2.45, 2.75) is 57.9 Å². The maximum atomic E-state index is 12.4. The largest absolute Gasteiger partial charge is 0.367 e. The first-order chi connectivity index (χ1) is 11.8. The monoisotopic (exact) mass is 342 g/mol. The van der Waals surface area contributed by atoms with Gasteiger partial charge in [-0.05, 0) is 45.7 Å². The van der Waals surface area contributed by atoms with E-state index in [1.165, 1.54) is 0 Å². The first kappa shape index (κ1) is 17.5.